The first-order valence-corrected chi connectivity index (χ1v) is 17.7. The first-order valence-electron chi connectivity index (χ1n) is 17.7. The molecule has 0 aliphatic rings. The predicted molar refractivity (Wildman–Crippen MR) is 194 cm³/mol. The van der Waals surface area contributed by atoms with Crippen LogP contribution in [-0.4, -0.2) is 112 Å². The van der Waals surface area contributed by atoms with Gasteiger partial charge >= 0.3 is 5.97 Å². The molecule has 1 rings (SSSR count). The molecule has 0 unspecified atom stereocenters. The smallest absolute Gasteiger partial charge is 0.328 e. The Morgan fingerprint density at radius 2 is 1.28 bits per heavy atom. The van der Waals surface area contributed by atoms with Gasteiger partial charge in [-0.05, 0) is 30.2 Å². The first kappa shape index (κ1) is 46.9. The molecule has 302 valence electrons. The highest BCUT2D eigenvalue weighted by Gasteiger charge is 2.33. The molecule has 1 aromatic carbocycles. The standard InChI is InChI=1S/C35H56N8O11/c1-5-19(4)30(38)34(52)40-21(11-12-27(36)46)31(49)41-22(13-18(2)3)26(45)16-29(48)39-24(15-28(37)47)33(51)42-23(14-20-9-7-6-8-10-20)32(50)43-25(17-44)35(53)54/h6-10,18-19,21-26,30,44-45H,5,11-17,38H2,1-4H3,(H2,36,46)(H2,37,47)(H,39,48)(H,40,52)(H,41,49)(H,42,51)(H,43,50)(H,53,54)/t19-,21-,22-,23-,24-,25-,26-,30-/m0/s1. The lowest BCUT2D eigenvalue weighted by atomic mass is 9.95. The maximum atomic E-state index is 13.4. The van der Waals surface area contributed by atoms with Crippen LogP contribution in [0.3, 0.4) is 0 Å². The number of aliphatic hydroxyl groups is 2. The zero-order valence-corrected chi connectivity index (χ0v) is 31.1. The SMILES string of the molecule is CC[C@H](C)[C@H](N)C(=O)N[C@@H](CCC(N)=O)C(=O)N[C@@H](CC(C)C)[C@@H](O)CC(=O)N[C@@H](CC(N)=O)C(=O)N[C@@H](Cc1ccccc1)C(=O)N[C@@H](CO)C(=O)O. The van der Waals surface area contributed by atoms with Crippen LogP contribution in [0.4, 0.5) is 0 Å². The van der Waals surface area contributed by atoms with Crippen LogP contribution in [0.2, 0.25) is 0 Å². The molecule has 7 amide bonds. The van der Waals surface area contributed by atoms with Crippen molar-refractivity contribution >= 4 is 47.3 Å². The summed E-state index contributed by atoms with van der Waals surface area (Å²) in [6.45, 7) is 6.24. The lowest BCUT2D eigenvalue weighted by molar-refractivity contribution is -0.143. The quantitative estimate of drug-likeness (QED) is 0.0476. The van der Waals surface area contributed by atoms with Crippen LogP contribution in [-0.2, 0) is 44.8 Å². The highest BCUT2D eigenvalue weighted by molar-refractivity contribution is 5.96. The first-order chi connectivity index (χ1) is 25.3. The third kappa shape index (κ3) is 17.1. The second kappa shape index (κ2) is 23.5. The average molecular weight is 765 g/mol. The Morgan fingerprint density at radius 1 is 0.722 bits per heavy atom. The number of hydrogen-bond acceptors (Lipinski definition) is 11. The minimum atomic E-state index is -1.69. The Morgan fingerprint density at radius 3 is 1.80 bits per heavy atom. The molecule has 0 heterocycles. The van der Waals surface area contributed by atoms with Crippen LogP contribution >= 0.6 is 0 Å². The van der Waals surface area contributed by atoms with E-state index in [1.807, 2.05) is 6.92 Å². The molecule has 19 nitrogen and oxygen atoms in total. The summed E-state index contributed by atoms with van der Waals surface area (Å²) in [5.41, 5.74) is 17.2. The highest BCUT2D eigenvalue weighted by Crippen LogP contribution is 2.14. The Bertz CT molecular complexity index is 1450. The number of carbonyl (C=O) groups is 8. The Balaban J connectivity index is 3.21. The lowest BCUT2D eigenvalue weighted by Crippen LogP contribution is -2.58. The van der Waals surface area contributed by atoms with Crippen molar-refractivity contribution in [3.8, 4) is 0 Å². The van der Waals surface area contributed by atoms with Crippen molar-refractivity contribution in [2.45, 2.75) is 115 Å². The summed E-state index contributed by atoms with van der Waals surface area (Å²) >= 11 is 0. The molecular formula is C35H56N8O11. The van der Waals surface area contributed by atoms with Crippen molar-refractivity contribution < 1.29 is 53.7 Å². The van der Waals surface area contributed by atoms with E-state index in [0.717, 1.165) is 0 Å². The summed E-state index contributed by atoms with van der Waals surface area (Å²) in [7, 11) is 0. The van der Waals surface area contributed by atoms with E-state index in [1.54, 1.807) is 51.1 Å². The van der Waals surface area contributed by atoms with E-state index in [4.69, 9.17) is 17.2 Å². The normalized spacial score (nSPS) is 15.6. The van der Waals surface area contributed by atoms with Crippen molar-refractivity contribution in [2.24, 2.45) is 29.0 Å². The Hall–Kier alpha value is -5.14. The van der Waals surface area contributed by atoms with Gasteiger partial charge in [-0.3, -0.25) is 33.6 Å². The number of nitrogens with one attached hydrogen (secondary N) is 5. The van der Waals surface area contributed by atoms with Gasteiger partial charge in [-0.25, -0.2) is 4.79 Å². The van der Waals surface area contributed by atoms with E-state index < -0.39 is 109 Å². The third-order valence-corrected chi connectivity index (χ3v) is 8.55. The number of amides is 7. The van der Waals surface area contributed by atoms with E-state index in [0.29, 0.717) is 12.0 Å². The van der Waals surface area contributed by atoms with Gasteiger partial charge in [0.25, 0.3) is 0 Å². The monoisotopic (exact) mass is 764 g/mol. The van der Waals surface area contributed by atoms with Crippen LogP contribution in [0, 0.1) is 11.8 Å². The van der Waals surface area contributed by atoms with Crippen LogP contribution in [0.25, 0.3) is 0 Å². The van der Waals surface area contributed by atoms with Gasteiger partial charge in [0.15, 0.2) is 0 Å². The number of hydrogen-bond donors (Lipinski definition) is 11. The molecule has 0 aliphatic heterocycles. The van der Waals surface area contributed by atoms with Gasteiger partial charge < -0.3 is 59.1 Å². The fourth-order valence-electron chi connectivity index (χ4n) is 5.22. The fourth-order valence-corrected chi connectivity index (χ4v) is 5.22. The zero-order chi connectivity index (χ0) is 41.1. The molecule has 0 saturated carbocycles. The maximum absolute atomic E-state index is 13.4. The molecular weight excluding hydrogens is 708 g/mol. The van der Waals surface area contributed by atoms with Crippen molar-refractivity contribution in [1.82, 2.24) is 26.6 Å². The van der Waals surface area contributed by atoms with Crippen molar-refractivity contribution in [1.29, 1.82) is 0 Å². The van der Waals surface area contributed by atoms with Gasteiger partial charge in [-0.15, -0.1) is 0 Å². The van der Waals surface area contributed by atoms with E-state index in [-0.39, 0.29) is 37.5 Å². The lowest BCUT2D eigenvalue weighted by Gasteiger charge is -2.29. The molecule has 1 aromatic rings. The molecule has 0 bridgehead atoms. The summed E-state index contributed by atoms with van der Waals surface area (Å²) in [6.07, 6.45) is -2.82. The number of primary amides is 2. The molecule has 8 atom stereocenters. The molecule has 0 aromatic heterocycles. The molecule has 0 fully saturated rings. The summed E-state index contributed by atoms with van der Waals surface area (Å²) in [5.74, 6) is -7.98. The molecule has 19 heteroatoms. The molecule has 0 radical (unpaired) electrons. The summed E-state index contributed by atoms with van der Waals surface area (Å²) in [6, 6.07) is 0.258. The van der Waals surface area contributed by atoms with E-state index in [2.05, 4.69) is 26.6 Å². The van der Waals surface area contributed by atoms with E-state index in [1.165, 1.54) is 0 Å². The van der Waals surface area contributed by atoms with E-state index >= 15 is 0 Å². The number of carbonyl (C=O) groups excluding carboxylic acids is 7. The summed E-state index contributed by atoms with van der Waals surface area (Å²) in [4.78, 5) is 101. The molecule has 0 saturated heterocycles. The largest absolute Gasteiger partial charge is 0.480 e. The van der Waals surface area contributed by atoms with Gasteiger partial charge in [0.05, 0.1) is 37.6 Å². The van der Waals surface area contributed by atoms with Gasteiger partial charge in [0.2, 0.25) is 41.4 Å². The minimum absolute atomic E-state index is 0.127. The molecule has 54 heavy (non-hydrogen) atoms. The second-order valence-electron chi connectivity index (χ2n) is 13.6. The van der Waals surface area contributed by atoms with Gasteiger partial charge in [0.1, 0.15) is 24.2 Å². The number of benzene rings is 1. The second-order valence-corrected chi connectivity index (χ2v) is 13.6. The zero-order valence-electron chi connectivity index (χ0n) is 31.1. The third-order valence-electron chi connectivity index (χ3n) is 8.55. The van der Waals surface area contributed by atoms with Crippen LogP contribution in [0.15, 0.2) is 30.3 Å². The number of aliphatic carboxylic acids is 1. The van der Waals surface area contributed by atoms with Crippen molar-refractivity contribution in [3.63, 3.8) is 0 Å². The Labute approximate surface area is 313 Å². The summed E-state index contributed by atoms with van der Waals surface area (Å²) < 4.78 is 0. The molecule has 14 N–H and O–H groups in total. The molecule has 0 aliphatic carbocycles. The van der Waals surface area contributed by atoms with Crippen LogP contribution < -0.4 is 43.8 Å². The topological polar surface area (TPSA) is 335 Å². The minimum Gasteiger partial charge on any atom is -0.480 e. The number of carboxylic acid groups (broad SMARTS) is 1. The highest BCUT2D eigenvalue weighted by atomic mass is 16.4. The number of rotatable bonds is 25. The maximum Gasteiger partial charge on any atom is 0.328 e. The van der Waals surface area contributed by atoms with Gasteiger partial charge in [-0.1, -0.05) is 64.4 Å². The Kier molecular flexibility index (Phi) is 20.4. The van der Waals surface area contributed by atoms with Crippen molar-refractivity contribution in [2.75, 3.05) is 6.61 Å². The van der Waals surface area contributed by atoms with E-state index in [9.17, 15) is 53.7 Å². The number of carboxylic acids is 1. The summed E-state index contributed by atoms with van der Waals surface area (Å²) in [5, 5.41) is 41.8. The van der Waals surface area contributed by atoms with Gasteiger partial charge in [0, 0.05) is 12.8 Å². The average Bonchev–Trinajstić information content (AvgIpc) is 3.10. The van der Waals surface area contributed by atoms with Crippen LogP contribution in [0.1, 0.15) is 71.8 Å². The predicted octanol–water partition coefficient (Wildman–Crippen LogP) is -2.96. The number of aliphatic hydroxyl groups excluding tert-OH is 2. The van der Waals surface area contributed by atoms with Crippen LogP contribution in [0.5, 0.6) is 0 Å². The molecule has 0 spiro atoms. The number of nitrogens with two attached hydrogens (primary N) is 3. The van der Waals surface area contributed by atoms with Gasteiger partial charge in [-0.2, -0.15) is 0 Å². The fraction of sp³-hybridized carbons (Fsp3) is 0.600. The van der Waals surface area contributed by atoms with Crippen molar-refractivity contribution in [3.05, 3.63) is 35.9 Å².